The van der Waals surface area contributed by atoms with Crippen LogP contribution in [0, 0.1) is 0 Å². The van der Waals surface area contributed by atoms with Gasteiger partial charge < -0.3 is 9.84 Å². The molecule has 0 spiro atoms. The zero-order valence-corrected chi connectivity index (χ0v) is 11.2. The van der Waals surface area contributed by atoms with Gasteiger partial charge in [-0.25, -0.2) is 0 Å². The predicted molar refractivity (Wildman–Crippen MR) is 74.9 cm³/mol. The number of anilines is 1. The third-order valence-electron chi connectivity index (χ3n) is 4.10. The van der Waals surface area contributed by atoms with Crippen LogP contribution in [-0.4, -0.2) is 11.1 Å². The minimum absolute atomic E-state index is 0.196. The maximum absolute atomic E-state index is 12.1. The van der Waals surface area contributed by atoms with E-state index < -0.39 is 0 Å². The van der Waals surface area contributed by atoms with Crippen molar-refractivity contribution in [3.8, 4) is 0 Å². The third-order valence-corrected chi connectivity index (χ3v) is 4.10. The fraction of sp³-hybridized carbons (Fsp3) is 0.375. The number of rotatable bonds is 3. The number of carbonyl (C=O) groups excluding carboxylic acids is 1. The van der Waals surface area contributed by atoms with Gasteiger partial charge in [-0.15, -0.1) is 0 Å². The molecule has 1 aromatic heterocycles. The van der Waals surface area contributed by atoms with Gasteiger partial charge in [-0.3, -0.25) is 4.79 Å². The summed E-state index contributed by atoms with van der Waals surface area (Å²) in [5.74, 6) is 1.12. The van der Waals surface area contributed by atoms with Crippen LogP contribution in [-0.2, 0) is 12.8 Å². The molecule has 1 amide bonds. The number of hydrogen-bond donors (Lipinski definition) is 1. The second-order valence-corrected chi connectivity index (χ2v) is 5.68. The molecule has 4 nitrogen and oxygen atoms in total. The van der Waals surface area contributed by atoms with Crippen LogP contribution in [0.25, 0.3) is 0 Å². The molecular weight excluding hydrogens is 252 g/mol. The van der Waals surface area contributed by atoms with Gasteiger partial charge in [0.05, 0.1) is 0 Å². The van der Waals surface area contributed by atoms with Crippen molar-refractivity contribution in [3.63, 3.8) is 0 Å². The van der Waals surface area contributed by atoms with Crippen LogP contribution < -0.4 is 5.32 Å². The molecule has 0 radical (unpaired) electrons. The molecule has 4 heteroatoms. The molecule has 0 atom stereocenters. The van der Waals surface area contributed by atoms with Crippen LogP contribution >= 0.6 is 0 Å². The summed E-state index contributed by atoms with van der Waals surface area (Å²) in [6.07, 6.45) is 5.75. The van der Waals surface area contributed by atoms with Crippen molar-refractivity contribution in [1.82, 2.24) is 5.16 Å². The van der Waals surface area contributed by atoms with E-state index in [1.165, 1.54) is 17.5 Å². The van der Waals surface area contributed by atoms with Gasteiger partial charge in [0.15, 0.2) is 5.69 Å². The van der Waals surface area contributed by atoms with Crippen molar-refractivity contribution < 1.29 is 9.32 Å². The summed E-state index contributed by atoms with van der Waals surface area (Å²) in [5.41, 5.74) is 3.96. The highest BCUT2D eigenvalue weighted by molar-refractivity contribution is 6.02. The number of carbonyl (C=O) groups is 1. The topological polar surface area (TPSA) is 55.1 Å². The standard InChI is InChI=1S/C16H16N2O2/c19-16(14-9-15(20-18-14)11-4-5-11)17-13-7-6-10-2-1-3-12(10)8-13/h6-9,11H,1-5H2,(H,17,19). The smallest absolute Gasteiger partial charge is 0.277 e. The number of aromatic nitrogens is 1. The van der Waals surface area contributed by atoms with Gasteiger partial charge >= 0.3 is 0 Å². The van der Waals surface area contributed by atoms with Gasteiger partial charge in [-0.1, -0.05) is 11.2 Å². The molecule has 20 heavy (non-hydrogen) atoms. The highest BCUT2D eigenvalue weighted by Crippen LogP contribution is 2.40. The molecular formula is C16H16N2O2. The summed E-state index contributed by atoms with van der Waals surface area (Å²) in [7, 11) is 0. The van der Waals surface area contributed by atoms with E-state index in [9.17, 15) is 4.79 Å². The number of amides is 1. The normalized spacial score (nSPS) is 17.0. The summed E-state index contributed by atoms with van der Waals surface area (Å²) >= 11 is 0. The zero-order valence-electron chi connectivity index (χ0n) is 11.2. The molecule has 1 fully saturated rings. The Bertz CT molecular complexity index is 671. The molecule has 0 aliphatic heterocycles. The minimum atomic E-state index is -0.196. The molecule has 1 aromatic carbocycles. The second-order valence-electron chi connectivity index (χ2n) is 5.68. The lowest BCUT2D eigenvalue weighted by molar-refractivity contribution is 0.101. The van der Waals surface area contributed by atoms with E-state index in [-0.39, 0.29) is 5.91 Å². The maximum Gasteiger partial charge on any atom is 0.277 e. The lowest BCUT2D eigenvalue weighted by Crippen LogP contribution is -2.12. The molecule has 0 bridgehead atoms. The second kappa shape index (κ2) is 4.47. The fourth-order valence-electron chi connectivity index (χ4n) is 2.80. The minimum Gasteiger partial charge on any atom is -0.360 e. The SMILES string of the molecule is O=C(Nc1ccc2c(c1)CCC2)c1cc(C2CC2)on1. The van der Waals surface area contributed by atoms with E-state index >= 15 is 0 Å². The number of benzene rings is 1. The Morgan fingerprint density at radius 2 is 2.05 bits per heavy atom. The van der Waals surface area contributed by atoms with Crippen LogP contribution in [0.5, 0.6) is 0 Å². The number of hydrogen-bond acceptors (Lipinski definition) is 3. The number of aryl methyl sites for hydroxylation is 2. The van der Waals surface area contributed by atoms with Gasteiger partial charge in [0.2, 0.25) is 0 Å². The Morgan fingerprint density at radius 1 is 1.20 bits per heavy atom. The molecule has 2 aromatic rings. The Morgan fingerprint density at radius 3 is 2.90 bits per heavy atom. The average Bonchev–Trinajstić information content (AvgIpc) is 3.01. The zero-order chi connectivity index (χ0) is 13.5. The predicted octanol–water partition coefficient (Wildman–Crippen LogP) is 3.29. The first kappa shape index (κ1) is 11.7. The van der Waals surface area contributed by atoms with Crippen molar-refractivity contribution in [2.24, 2.45) is 0 Å². The number of nitrogens with one attached hydrogen (secondary N) is 1. The van der Waals surface area contributed by atoms with Gasteiger partial charge in [-0.2, -0.15) is 0 Å². The molecule has 0 saturated heterocycles. The van der Waals surface area contributed by atoms with Crippen LogP contribution in [0.4, 0.5) is 5.69 Å². The lowest BCUT2D eigenvalue weighted by Gasteiger charge is -2.05. The Labute approximate surface area is 117 Å². The summed E-state index contributed by atoms with van der Waals surface area (Å²) in [6, 6.07) is 7.91. The van der Waals surface area contributed by atoms with Crippen molar-refractivity contribution in [1.29, 1.82) is 0 Å². The maximum atomic E-state index is 12.1. The Balaban J connectivity index is 1.51. The van der Waals surface area contributed by atoms with Crippen LogP contribution in [0.15, 0.2) is 28.8 Å². The summed E-state index contributed by atoms with van der Waals surface area (Å²) in [6.45, 7) is 0. The number of fused-ring (bicyclic) bond motifs is 1. The van der Waals surface area contributed by atoms with Crippen molar-refractivity contribution in [2.75, 3.05) is 5.32 Å². The first-order valence-corrected chi connectivity index (χ1v) is 7.19. The highest BCUT2D eigenvalue weighted by Gasteiger charge is 2.28. The van der Waals surface area contributed by atoms with E-state index in [2.05, 4.69) is 22.6 Å². The first-order chi connectivity index (χ1) is 9.79. The van der Waals surface area contributed by atoms with Gasteiger partial charge in [0.25, 0.3) is 5.91 Å². The molecule has 2 aliphatic carbocycles. The summed E-state index contributed by atoms with van der Waals surface area (Å²) < 4.78 is 5.21. The lowest BCUT2D eigenvalue weighted by atomic mass is 10.1. The van der Waals surface area contributed by atoms with Crippen molar-refractivity contribution >= 4 is 11.6 Å². The summed E-state index contributed by atoms with van der Waals surface area (Å²) in [4.78, 5) is 12.1. The Hall–Kier alpha value is -2.10. The van der Waals surface area contributed by atoms with E-state index in [4.69, 9.17) is 4.52 Å². The van der Waals surface area contributed by atoms with E-state index in [1.54, 1.807) is 6.07 Å². The molecule has 0 unspecified atom stereocenters. The Kier molecular flexibility index (Phi) is 2.62. The van der Waals surface area contributed by atoms with E-state index in [0.29, 0.717) is 11.6 Å². The fourth-order valence-corrected chi connectivity index (χ4v) is 2.80. The monoisotopic (exact) mass is 268 g/mol. The molecule has 1 saturated carbocycles. The van der Waals surface area contributed by atoms with Crippen LogP contribution in [0.3, 0.4) is 0 Å². The molecule has 1 heterocycles. The van der Waals surface area contributed by atoms with E-state index in [0.717, 1.165) is 37.1 Å². The molecule has 2 aliphatic rings. The third kappa shape index (κ3) is 2.11. The molecule has 102 valence electrons. The van der Waals surface area contributed by atoms with Crippen LogP contribution in [0.2, 0.25) is 0 Å². The van der Waals surface area contributed by atoms with Crippen LogP contribution in [0.1, 0.15) is 52.6 Å². The average molecular weight is 268 g/mol. The first-order valence-electron chi connectivity index (χ1n) is 7.19. The van der Waals surface area contributed by atoms with Gasteiger partial charge in [0.1, 0.15) is 5.76 Å². The quantitative estimate of drug-likeness (QED) is 0.929. The largest absolute Gasteiger partial charge is 0.360 e. The number of nitrogens with zero attached hydrogens (tertiary/aromatic N) is 1. The van der Waals surface area contributed by atoms with Gasteiger partial charge in [0, 0.05) is 17.7 Å². The molecule has 4 rings (SSSR count). The van der Waals surface area contributed by atoms with E-state index in [1.807, 2.05) is 6.07 Å². The van der Waals surface area contributed by atoms with Crippen molar-refractivity contribution in [2.45, 2.75) is 38.0 Å². The highest BCUT2D eigenvalue weighted by atomic mass is 16.5. The van der Waals surface area contributed by atoms with Crippen molar-refractivity contribution in [3.05, 3.63) is 46.8 Å². The summed E-state index contributed by atoms with van der Waals surface area (Å²) in [5, 5.41) is 6.76. The van der Waals surface area contributed by atoms with Gasteiger partial charge in [-0.05, 0) is 55.4 Å². The molecule has 1 N–H and O–H groups in total.